The maximum Gasteiger partial charge on any atom is 0.254 e. The molecule has 2 aromatic carbocycles. The number of rotatable bonds is 6. The van der Waals surface area contributed by atoms with Gasteiger partial charge in [0.05, 0.1) is 6.04 Å². The Morgan fingerprint density at radius 2 is 1.74 bits per heavy atom. The Labute approximate surface area is 211 Å². The first-order chi connectivity index (χ1) is 16.7. The minimum absolute atomic E-state index is 0.00475. The van der Waals surface area contributed by atoms with Gasteiger partial charge < -0.3 is 9.80 Å². The second-order valence-corrected chi connectivity index (χ2v) is 11.1. The molecule has 1 aliphatic heterocycles. The SMILES string of the molecule is CCCN(CC(=O)N1CCc2sccc2C1c1ccc(F)cc1)C(=O)c1ccc(C(C)(C)C)cc1. The van der Waals surface area contributed by atoms with Gasteiger partial charge in [0, 0.05) is 23.5 Å². The zero-order valence-corrected chi connectivity index (χ0v) is 21.7. The second-order valence-electron chi connectivity index (χ2n) is 10.1. The quantitative estimate of drug-likeness (QED) is 0.410. The van der Waals surface area contributed by atoms with Crippen LogP contribution >= 0.6 is 11.3 Å². The molecule has 0 saturated heterocycles. The molecule has 35 heavy (non-hydrogen) atoms. The van der Waals surface area contributed by atoms with Gasteiger partial charge in [-0.2, -0.15) is 0 Å². The van der Waals surface area contributed by atoms with Gasteiger partial charge in [0.15, 0.2) is 0 Å². The third kappa shape index (κ3) is 5.48. The van der Waals surface area contributed by atoms with Crippen LogP contribution in [0.5, 0.6) is 0 Å². The Bertz CT molecular complexity index is 1180. The van der Waals surface area contributed by atoms with Crippen LogP contribution < -0.4 is 0 Å². The molecule has 2 amide bonds. The molecule has 0 fully saturated rings. The fraction of sp³-hybridized carbons (Fsp3) is 0.379. The first-order valence-electron chi connectivity index (χ1n) is 12.2. The molecule has 4 nitrogen and oxygen atoms in total. The fourth-order valence-corrected chi connectivity index (χ4v) is 5.57. The van der Waals surface area contributed by atoms with E-state index in [0.717, 1.165) is 29.5 Å². The van der Waals surface area contributed by atoms with E-state index in [0.29, 0.717) is 18.7 Å². The van der Waals surface area contributed by atoms with Crippen molar-refractivity contribution in [3.8, 4) is 0 Å². The summed E-state index contributed by atoms with van der Waals surface area (Å²) in [5, 5.41) is 2.04. The number of halogens is 1. The molecule has 4 rings (SSSR count). The predicted octanol–water partition coefficient (Wildman–Crippen LogP) is 6.21. The number of carbonyl (C=O) groups excluding carboxylic acids is 2. The summed E-state index contributed by atoms with van der Waals surface area (Å²) in [6, 6.07) is 15.9. The molecule has 2 heterocycles. The molecule has 0 saturated carbocycles. The maximum atomic E-state index is 13.6. The number of hydrogen-bond donors (Lipinski definition) is 0. The highest BCUT2D eigenvalue weighted by Gasteiger charge is 2.34. The Morgan fingerprint density at radius 3 is 2.37 bits per heavy atom. The topological polar surface area (TPSA) is 40.6 Å². The van der Waals surface area contributed by atoms with Crippen molar-refractivity contribution in [1.29, 1.82) is 0 Å². The van der Waals surface area contributed by atoms with Gasteiger partial charge in [0.25, 0.3) is 5.91 Å². The Kier molecular flexibility index (Phi) is 7.41. The Morgan fingerprint density at radius 1 is 1.06 bits per heavy atom. The van der Waals surface area contributed by atoms with Crippen molar-refractivity contribution in [2.45, 2.75) is 52.0 Å². The van der Waals surface area contributed by atoms with Crippen LogP contribution in [0, 0.1) is 5.82 Å². The van der Waals surface area contributed by atoms with Gasteiger partial charge in [-0.05, 0) is 70.7 Å². The molecule has 1 unspecified atom stereocenters. The van der Waals surface area contributed by atoms with Crippen LogP contribution in [0.4, 0.5) is 4.39 Å². The molecule has 0 bridgehead atoms. The Balaban J connectivity index is 1.57. The molecule has 0 aliphatic carbocycles. The van der Waals surface area contributed by atoms with Gasteiger partial charge >= 0.3 is 0 Å². The van der Waals surface area contributed by atoms with Crippen molar-refractivity contribution in [3.63, 3.8) is 0 Å². The van der Waals surface area contributed by atoms with E-state index in [-0.39, 0.29) is 35.6 Å². The molecule has 1 atom stereocenters. The van der Waals surface area contributed by atoms with E-state index in [2.05, 4.69) is 26.8 Å². The lowest BCUT2D eigenvalue weighted by molar-refractivity contribution is -0.134. The number of thiophene rings is 1. The smallest absolute Gasteiger partial charge is 0.254 e. The summed E-state index contributed by atoms with van der Waals surface area (Å²) >= 11 is 1.69. The van der Waals surface area contributed by atoms with Crippen molar-refractivity contribution in [3.05, 3.63) is 92.9 Å². The molecular formula is C29H33FN2O2S. The Hall–Kier alpha value is -2.99. The minimum atomic E-state index is -0.301. The molecule has 3 aromatic rings. The molecule has 0 spiro atoms. The monoisotopic (exact) mass is 492 g/mol. The van der Waals surface area contributed by atoms with Gasteiger partial charge in [0.1, 0.15) is 12.4 Å². The van der Waals surface area contributed by atoms with E-state index < -0.39 is 0 Å². The van der Waals surface area contributed by atoms with E-state index in [4.69, 9.17) is 0 Å². The number of hydrogen-bond acceptors (Lipinski definition) is 3. The van der Waals surface area contributed by atoms with E-state index >= 15 is 0 Å². The van der Waals surface area contributed by atoms with Crippen LogP contribution in [0.1, 0.15) is 72.1 Å². The van der Waals surface area contributed by atoms with Gasteiger partial charge in [0.2, 0.25) is 5.91 Å². The summed E-state index contributed by atoms with van der Waals surface area (Å²) in [5.41, 5.74) is 3.73. The van der Waals surface area contributed by atoms with Crippen LogP contribution in [0.25, 0.3) is 0 Å². The zero-order valence-electron chi connectivity index (χ0n) is 20.9. The summed E-state index contributed by atoms with van der Waals surface area (Å²) in [6.07, 6.45) is 1.54. The largest absolute Gasteiger partial charge is 0.330 e. The van der Waals surface area contributed by atoms with Crippen molar-refractivity contribution >= 4 is 23.2 Å². The van der Waals surface area contributed by atoms with Crippen molar-refractivity contribution in [2.24, 2.45) is 0 Å². The van der Waals surface area contributed by atoms with Gasteiger partial charge in [-0.25, -0.2) is 4.39 Å². The summed E-state index contributed by atoms with van der Waals surface area (Å²) in [7, 11) is 0. The highest BCUT2D eigenvalue weighted by atomic mass is 32.1. The normalized spacial score (nSPS) is 15.6. The standard InChI is InChI=1S/C29H33FN2O2S/c1-5-16-31(28(34)21-6-10-22(11-7-21)29(2,3)4)19-26(33)32-17-14-25-24(15-18-35-25)27(32)20-8-12-23(30)13-9-20/h6-13,15,18,27H,5,14,16-17,19H2,1-4H3. The number of fused-ring (bicyclic) bond motifs is 1. The average Bonchev–Trinajstić information content (AvgIpc) is 3.32. The summed E-state index contributed by atoms with van der Waals surface area (Å²) in [5.74, 6) is -0.526. The highest BCUT2D eigenvalue weighted by Crippen LogP contribution is 2.38. The van der Waals surface area contributed by atoms with E-state index in [1.54, 1.807) is 28.4 Å². The van der Waals surface area contributed by atoms with Crippen LogP contribution in [0.15, 0.2) is 60.0 Å². The average molecular weight is 493 g/mol. The first-order valence-corrected chi connectivity index (χ1v) is 13.1. The van der Waals surface area contributed by atoms with Gasteiger partial charge in [-0.1, -0.05) is 52.0 Å². The molecule has 1 aliphatic rings. The van der Waals surface area contributed by atoms with Crippen LogP contribution in [-0.4, -0.2) is 41.2 Å². The predicted molar refractivity (Wildman–Crippen MR) is 139 cm³/mol. The summed E-state index contributed by atoms with van der Waals surface area (Å²) in [4.78, 5) is 31.8. The van der Waals surface area contributed by atoms with Gasteiger partial charge in [-0.3, -0.25) is 9.59 Å². The molecule has 6 heteroatoms. The van der Waals surface area contributed by atoms with Crippen LogP contribution in [-0.2, 0) is 16.6 Å². The number of nitrogens with zero attached hydrogens (tertiary/aromatic N) is 2. The third-order valence-corrected chi connectivity index (χ3v) is 7.57. The van der Waals surface area contributed by atoms with Crippen molar-refractivity contribution < 1.29 is 14.0 Å². The van der Waals surface area contributed by atoms with Crippen molar-refractivity contribution in [1.82, 2.24) is 9.80 Å². The van der Waals surface area contributed by atoms with Gasteiger partial charge in [-0.15, -0.1) is 11.3 Å². The molecule has 0 radical (unpaired) electrons. The van der Waals surface area contributed by atoms with Crippen molar-refractivity contribution in [2.75, 3.05) is 19.6 Å². The summed E-state index contributed by atoms with van der Waals surface area (Å²) in [6.45, 7) is 9.52. The maximum absolute atomic E-state index is 13.6. The fourth-order valence-electron chi connectivity index (χ4n) is 4.66. The second kappa shape index (κ2) is 10.3. The number of amides is 2. The lowest BCUT2D eigenvalue weighted by Crippen LogP contribution is -2.47. The highest BCUT2D eigenvalue weighted by molar-refractivity contribution is 7.10. The number of benzene rings is 2. The van der Waals surface area contributed by atoms with Crippen LogP contribution in [0.2, 0.25) is 0 Å². The van der Waals surface area contributed by atoms with Crippen LogP contribution in [0.3, 0.4) is 0 Å². The molecular weight excluding hydrogens is 459 g/mol. The lowest BCUT2D eigenvalue weighted by atomic mass is 9.86. The number of carbonyl (C=O) groups is 2. The van der Waals surface area contributed by atoms with E-state index in [1.165, 1.54) is 17.0 Å². The first kappa shape index (κ1) is 25.1. The van der Waals surface area contributed by atoms with E-state index in [1.807, 2.05) is 41.5 Å². The summed E-state index contributed by atoms with van der Waals surface area (Å²) < 4.78 is 13.6. The lowest BCUT2D eigenvalue weighted by Gasteiger charge is -2.37. The molecule has 184 valence electrons. The third-order valence-electron chi connectivity index (χ3n) is 6.58. The van der Waals surface area contributed by atoms with E-state index in [9.17, 15) is 14.0 Å². The zero-order chi connectivity index (χ0) is 25.2. The molecule has 1 aromatic heterocycles. The minimum Gasteiger partial charge on any atom is -0.330 e. The molecule has 0 N–H and O–H groups in total.